The summed E-state index contributed by atoms with van der Waals surface area (Å²) in [7, 11) is 0. The Labute approximate surface area is 159 Å². The summed E-state index contributed by atoms with van der Waals surface area (Å²) in [6, 6.07) is 4.29. The molecule has 3 N–H and O–H groups in total. The molecule has 1 aromatic carbocycles. The van der Waals surface area contributed by atoms with Crippen LogP contribution in [0.1, 0.15) is 19.4 Å². The molecule has 2 aliphatic heterocycles. The van der Waals surface area contributed by atoms with Crippen molar-refractivity contribution in [3.05, 3.63) is 46.9 Å². The van der Waals surface area contributed by atoms with E-state index in [0.29, 0.717) is 0 Å². The van der Waals surface area contributed by atoms with E-state index in [2.05, 4.69) is 16.0 Å². The molecule has 28 heavy (non-hydrogen) atoms. The quantitative estimate of drug-likeness (QED) is 0.506. The third-order valence-electron chi connectivity index (χ3n) is 4.58. The number of halogens is 1. The van der Waals surface area contributed by atoms with E-state index in [1.54, 1.807) is 13.0 Å². The normalized spacial score (nSPS) is 22.0. The van der Waals surface area contributed by atoms with Crippen LogP contribution in [0.2, 0.25) is 0 Å². The SMILES string of the molecule is CCOC(=O)C1=C(CN2C(=O)NC(C)(c3ccccc3F)C2=O)NC(=O)NC1. The zero-order chi connectivity index (χ0) is 20.5. The first-order valence-corrected chi connectivity index (χ1v) is 8.61. The van der Waals surface area contributed by atoms with Crippen molar-refractivity contribution in [1.82, 2.24) is 20.9 Å². The minimum Gasteiger partial charge on any atom is -0.463 e. The van der Waals surface area contributed by atoms with Crippen LogP contribution in [0.5, 0.6) is 0 Å². The second-order valence-corrected chi connectivity index (χ2v) is 6.41. The van der Waals surface area contributed by atoms with Crippen LogP contribution in [-0.4, -0.2) is 48.5 Å². The molecule has 0 radical (unpaired) electrons. The third kappa shape index (κ3) is 3.28. The maximum Gasteiger partial charge on any atom is 0.337 e. The number of carbonyl (C=O) groups excluding carboxylic acids is 4. The van der Waals surface area contributed by atoms with Gasteiger partial charge in [0, 0.05) is 5.56 Å². The number of nitrogens with zero attached hydrogens (tertiary/aromatic N) is 1. The summed E-state index contributed by atoms with van der Waals surface area (Å²) in [5.41, 5.74) is -1.42. The summed E-state index contributed by atoms with van der Waals surface area (Å²) in [5.74, 6) is -2.01. The minimum absolute atomic E-state index is 0.0183. The number of benzene rings is 1. The number of esters is 1. The van der Waals surface area contributed by atoms with E-state index in [1.807, 2.05) is 0 Å². The van der Waals surface area contributed by atoms with Crippen LogP contribution in [0.3, 0.4) is 0 Å². The van der Waals surface area contributed by atoms with Gasteiger partial charge in [0.05, 0.1) is 31.0 Å². The Balaban J connectivity index is 1.92. The van der Waals surface area contributed by atoms with Crippen LogP contribution in [0.15, 0.2) is 35.5 Å². The van der Waals surface area contributed by atoms with E-state index < -0.39 is 35.3 Å². The van der Waals surface area contributed by atoms with Crippen molar-refractivity contribution in [3.8, 4) is 0 Å². The molecule has 1 aromatic rings. The van der Waals surface area contributed by atoms with Gasteiger partial charge in [-0.3, -0.25) is 9.69 Å². The van der Waals surface area contributed by atoms with E-state index in [9.17, 15) is 23.6 Å². The van der Waals surface area contributed by atoms with Crippen molar-refractivity contribution >= 4 is 23.9 Å². The number of imide groups is 1. The molecule has 0 saturated carbocycles. The second kappa shape index (κ2) is 7.29. The number of rotatable bonds is 5. The number of urea groups is 2. The van der Waals surface area contributed by atoms with Crippen LogP contribution >= 0.6 is 0 Å². The average Bonchev–Trinajstić information content (AvgIpc) is 2.86. The van der Waals surface area contributed by atoms with Gasteiger partial charge in [-0.05, 0) is 19.9 Å². The number of carbonyl (C=O) groups is 4. The molecule has 1 unspecified atom stereocenters. The highest BCUT2D eigenvalue weighted by Gasteiger charge is 2.50. The fourth-order valence-corrected chi connectivity index (χ4v) is 3.13. The first kappa shape index (κ1) is 19.3. The molecular weight excluding hydrogens is 371 g/mol. The van der Waals surface area contributed by atoms with Gasteiger partial charge in [-0.2, -0.15) is 0 Å². The van der Waals surface area contributed by atoms with Gasteiger partial charge in [0.2, 0.25) is 0 Å². The lowest BCUT2D eigenvalue weighted by molar-refractivity contribution is -0.139. The Hall–Kier alpha value is -3.43. The lowest BCUT2D eigenvalue weighted by atomic mass is 9.91. The van der Waals surface area contributed by atoms with Crippen LogP contribution in [0.25, 0.3) is 0 Å². The Morgan fingerprint density at radius 2 is 2.00 bits per heavy atom. The van der Waals surface area contributed by atoms with Gasteiger partial charge in [-0.25, -0.2) is 18.8 Å². The van der Waals surface area contributed by atoms with E-state index >= 15 is 0 Å². The summed E-state index contributed by atoms with van der Waals surface area (Å²) in [6.07, 6.45) is 0. The molecule has 5 amide bonds. The molecular formula is C18H19FN4O5. The summed E-state index contributed by atoms with van der Waals surface area (Å²) in [5, 5.41) is 7.36. The van der Waals surface area contributed by atoms with Crippen molar-refractivity contribution < 1.29 is 28.3 Å². The molecule has 10 heteroatoms. The molecule has 2 aliphatic rings. The number of ether oxygens (including phenoxy) is 1. The highest BCUT2D eigenvalue weighted by molar-refractivity contribution is 6.07. The molecule has 148 valence electrons. The Kier molecular flexibility index (Phi) is 5.04. The molecule has 0 aliphatic carbocycles. The molecule has 1 fully saturated rings. The topological polar surface area (TPSA) is 117 Å². The first-order chi connectivity index (χ1) is 13.3. The summed E-state index contributed by atoms with van der Waals surface area (Å²) >= 11 is 0. The standard InChI is InChI=1S/C18H19FN4O5/c1-3-28-14(24)10-8-20-16(26)21-13(10)9-23-15(25)18(2,22-17(23)27)11-6-4-5-7-12(11)19/h4-7H,3,8-9H2,1-2H3,(H,22,27)(H2,20,21,26). The molecule has 3 rings (SSSR count). The van der Waals surface area contributed by atoms with Gasteiger partial charge in [0.1, 0.15) is 11.4 Å². The van der Waals surface area contributed by atoms with Crippen LogP contribution in [-0.2, 0) is 19.9 Å². The maximum absolute atomic E-state index is 14.2. The van der Waals surface area contributed by atoms with Crippen LogP contribution < -0.4 is 16.0 Å². The fourth-order valence-electron chi connectivity index (χ4n) is 3.13. The fraction of sp³-hybridized carbons (Fsp3) is 0.333. The average molecular weight is 390 g/mol. The predicted molar refractivity (Wildman–Crippen MR) is 94.2 cm³/mol. The highest BCUT2D eigenvalue weighted by atomic mass is 19.1. The third-order valence-corrected chi connectivity index (χ3v) is 4.58. The first-order valence-electron chi connectivity index (χ1n) is 8.61. The van der Waals surface area contributed by atoms with Crippen LogP contribution in [0, 0.1) is 5.82 Å². The minimum atomic E-state index is -1.61. The Bertz CT molecular complexity index is 900. The van der Waals surface area contributed by atoms with Gasteiger partial charge in [0.25, 0.3) is 5.91 Å². The smallest absolute Gasteiger partial charge is 0.337 e. The lowest BCUT2D eigenvalue weighted by Gasteiger charge is -2.25. The number of hydrogen-bond donors (Lipinski definition) is 3. The zero-order valence-electron chi connectivity index (χ0n) is 15.3. The van der Waals surface area contributed by atoms with Gasteiger partial charge in [-0.1, -0.05) is 18.2 Å². The lowest BCUT2D eigenvalue weighted by Crippen LogP contribution is -2.48. The van der Waals surface area contributed by atoms with Gasteiger partial charge in [-0.15, -0.1) is 0 Å². The van der Waals surface area contributed by atoms with Crippen molar-refractivity contribution in [1.29, 1.82) is 0 Å². The van der Waals surface area contributed by atoms with E-state index in [-0.39, 0.29) is 36.5 Å². The zero-order valence-corrected chi connectivity index (χ0v) is 15.3. The van der Waals surface area contributed by atoms with Crippen LogP contribution in [0.4, 0.5) is 14.0 Å². The predicted octanol–water partition coefficient (Wildman–Crippen LogP) is 0.723. The number of nitrogens with one attached hydrogen (secondary N) is 3. The van der Waals surface area contributed by atoms with Crippen molar-refractivity contribution in [3.63, 3.8) is 0 Å². The van der Waals surface area contributed by atoms with E-state index in [4.69, 9.17) is 4.74 Å². The summed E-state index contributed by atoms with van der Waals surface area (Å²) in [6.45, 7) is 2.68. The van der Waals surface area contributed by atoms with E-state index in [1.165, 1.54) is 25.1 Å². The molecule has 0 bridgehead atoms. The highest BCUT2D eigenvalue weighted by Crippen LogP contribution is 2.31. The molecule has 0 spiro atoms. The van der Waals surface area contributed by atoms with Gasteiger partial charge >= 0.3 is 18.0 Å². The summed E-state index contributed by atoms with van der Waals surface area (Å²) in [4.78, 5) is 50.0. The Morgan fingerprint density at radius 3 is 2.68 bits per heavy atom. The van der Waals surface area contributed by atoms with Crippen molar-refractivity contribution in [2.24, 2.45) is 0 Å². The maximum atomic E-state index is 14.2. The largest absolute Gasteiger partial charge is 0.463 e. The van der Waals surface area contributed by atoms with Crippen molar-refractivity contribution in [2.45, 2.75) is 19.4 Å². The summed E-state index contributed by atoms with van der Waals surface area (Å²) < 4.78 is 19.2. The molecule has 2 heterocycles. The van der Waals surface area contributed by atoms with E-state index in [0.717, 1.165) is 4.90 Å². The van der Waals surface area contributed by atoms with Gasteiger partial charge in [0.15, 0.2) is 0 Å². The molecule has 0 aromatic heterocycles. The molecule has 1 atom stereocenters. The Morgan fingerprint density at radius 1 is 1.29 bits per heavy atom. The van der Waals surface area contributed by atoms with Crippen molar-refractivity contribution in [2.75, 3.05) is 19.7 Å². The number of hydrogen-bond acceptors (Lipinski definition) is 5. The monoisotopic (exact) mass is 390 g/mol. The molecule has 1 saturated heterocycles. The second-order valence-electron chi connectivity index (χ2n) is 6.41. The van der Waals surface area contributed by atoms with Gasteiger partial charge < -0.3 is 20.7 Å². The molecule has 9 nitrogen and oxygen atoms in total. The number of amides is 5.